The van der Waals surface area contributed by atoms with Gasteiger partial charge in [0.25, 0.3) is 0 Å². The van der Waals surface area contributed by atoms with Crippen LogP contribution in [0.3, 0.4) is 0 Å². The van der Waals surface area contributed by atoms with E-state index in [4.69, 9.17) is 0 Å². The number of hydrogen-bond acceptors (Lipinski definition) is 1. The molecule has 2 heteroatoms. The average molecular weight is 229 g/mol. The molecule has 0 saturated carbocycles. The van der Waals surface area contributed by atoms with E-state index in [0.29, 0.717) is 5.41 Å². The van der Waals surface area contributed by atoms with Crippen LogP contribution in [0, 0.1) is 5.41 Å². The van der Waals surface area contributed by atoms with Gasteiger partial charge in [-0.3, -0.25) is 0 Å². The van der Waals surface area contributed by atoms with E-state index in [1.165, 1.54) is 38.4 Å². The largest absolute Gasteiger partial charge is 0.316 e. The lowest BCUT2D eigenvalue weighted by molar-refractivity contribution is 0.278. The molecule has 0 spiro atoms. The van der Waals surface area contributed by atoms with Gasteiger partial charge in [-0.1, -0.05) is 46.5 Å². The highest BCUT2D eigenvalue weighted by Crippen LogP contribution is 2.35. The number of nitrogens with one attached hydrogen (secondary N) is 1. The smallest absolute Gasteiger partial charge is 0.0448 e. The van der Waals surface area contributed by atoms with Crippen LogP contribution in [0.1, 0.15) is 40.0 Å². The zero-order valence-corrected chi connectivity index (χ0v) is 12.7. The Hall–Kier alpha value is 0.177. The van der Waals surface area contributed by atoms with E-state index in [2.05, 4.69) is 45.7 Å². The summed E-state index contributed by atoms with van der Waals surface area (Å²) in [5.74, 6) is 0. The van der Waals surface area contributed by atoms with E-state index in [1.54, 1.807) is 0 Å². The second-order valence-electron chi connectivity index (χ2n) is 6.12. The van der Waals surface area contributed by atoms with Crippen LogP contribution < -0.4 is 5.32 Å². The van der Waals surface area contributed by atoms with Crippen molar-refractivity contribution in [2.24, 2.45) is 5.41 Å². The summed E-state index contributed by atoms with van der Waals surface area (Å²) in [4.78, 5) is 0. The highest BCUT2D eigenvalue weighted by molar-refractivity contribution is 6.76. The molecule has 15 heavy (non-hydrogen) atoms. The summed E-state index contributed by atoms with van der Waals surface area (Å²) in [5.41, 5.74) is 0.569. The predicted octanol–water partition coefficient (Wildman–Crippen LogP) is 4.13. The Bertz CT molecular complexity index is 156. The normalized spacial score (nSPS) is 13.2. The Morgan fingerprint density at radius 2 is 1.53 bits per heavy atom. The fourth-order valence-corrected chi connectivity index (χ4v) is 5.34. The summed E-state index contributed by atoms with van der Waals surface area (Å²) in [6.45, 7) is 16.8. The highest BCUT2D eigenvalue weighted by atomic mass is 28.3. The molecule has 0 aliphatic heterocycles. The quantitative estimate of drug-likeness (QED) is 0.487. The van der Waals surface area contributed by atoms with Crippen molar-refractivity contribution in [3.63, 3.8) is 0 Å². The van der Waals surface area contributed by atoms with Gasteiger partial charge in [-0.05, 0) is 31.2 Å². The second-order valence-corrected chi connectivity index (χ2v) is 11.6. The van der Waals surface area contributed by atoms with Crippen LogP contribution in [0.5, 0.6) is 0 Å². The summed E-state index contributed by atoms with van der Waals surface area (Å²) in [7, 11) is -0.935. The van der Waals surface area contributed by atoms with E-state index in [1.807, 2.05) is 0 Å². The Morgan fingerprint density at radius 1 is 1.00 bits per heavy atom. The van der Waals surface area contributed by atoms with E-state index in [9.17, 15) is 0 Å². The van der Waals surface area contributed by atoms with Crippen LogP contribution in [-0.2, 0) is 0 Å². The summed E-state index contributed by atoms with van der Waals surface area (Å²) >= 11 is 0. The first-order valence-electron chi connectivity index (χ1n) is 6.60. The third-order valence-corrected chi connectivity index (χ3v) is 5.14. The van der Waals surface area contributed by atoms with Gasteiger partial charge in [0.05, 0.1) is 0 Å². The zero-order valence-electron chi connectivity index (χ0n) is 11.7. The van der Waals surface area contributed by atoms with Gasteiger partial charge in [-0.25, -0.2) is 0 Å². The van der Waals surface area contributed by atoms with Gasteiger partial charge in [0.15, 0.2) is 0 Å². The van der Waals surface area contributed by atoms with Crippen molar-refractivity contribution in [1.82, 2.24) is 5.32 Å². The van der Waals surface area contributed by atoms with Crippen molar-refractivity contribution in [1.29, 1.82) is 0 Å². The number of rotatable bonds is 8. The van der Waals surface area contributed by atoms with Crippen LogP contribution in [0.2, 0.25) is 25.7 Å². The minimum absolute atomic E-state index is 0.569. The molecule has 0 aliphatic rings. The highest BCUT2D eigenvalue weighted by Gasteiger charge is 2.31. The first-order chi connectivity index (χ1) is 6.89. The maximum Gasteiger partial charge on any atom is 0.0448 e. The molecule has 0 aromatic rings. The van der Waals surface area contributed by atoms with Crippen molar-refractivity contribution in [2.45, 2.75) is 65.7 Å². The lowest BCUT2D eigenvalue weighted by Gasteiger charge is -2.37. The lowest BCUT2D eigenvalue weighted by Crippen LogP contribution is -2.39. The topological polar surface area (TPSA) is 12.0 Å². The molecule has 92 valence electrons. The van der Waals surface area contributed by atoms with Crippen LogP contribution in [-0.4, -0.2) is 21.2 Å². The molecule has 0 saturated heterocycles. The Labute approximate surface area is 98.0 Å². The van der Waals surface area contributed by atoms with Gasteiger partial charge >= 0.3 is 0 Å². The molecule has 0 rings (SSSR count). The summed E-state index contributed by atoms with van der Waals surface area (Å²) in [6.07, 6.45) is 3.89. The average Bonchev–Trinajstić information content (AvgIpc) is 2.15. The molecule has 0 radical (unpaired) electrons. The molecule has 0 aromatic carbocycles. The monoisotopic (exact) mass is 229 g/mol. The molecule has 1 nitrogen and oxygen atoms in total. The maximum absolute atomic E-state index is 3.62. The van der Waals surface area contributed by atoms with Gasteiger partial charge in [0, 0.05) is 14.6 Å². The van der Waals surface area contributed by atoms with Crippen LogP contribution in [0.25, 0.3) is 0 Å². The fraction of sp³-hybridized carbons (Fsp3) is 1.00. The van der Waals surface area contributed by atoms with Crippen LogP contribution in [0.4, 0.5) is 0 Å². The third-order valence-electron chi connectivity index (χ3n) is 3.33. The first-order valence-corrected chi connectivity index (χ1v) is 10.3. The van der Waals surface area contributed by atoms with Crippen molar-refractivity contribution in [2.75, 3.05) is 13.1 Å². The molecule has 0 aromatic heterocycles. The molecular weight excluding hydrogens is 198 g/mol. The molecule has 0 amide bonds. The zero-order chi connectivity index (χ0) is 11.9. The van der Waals surface area contributed by atoms with Gasteiger partial charge < -0.3 is 5.32 Å². The van der Waals surface area contributed by atoms with Crippen molar-refractivity contribution in [3.05, 3.63) is 0 Å². The van der Waals surface area contributed by atoms with Gasteiger partial charge in [-0.15, -0.1) is 0 Å². The standard InChI is InChI=1S/C13H31NSi/c1-7-10-14-11-13(8-2,9-3)12-15(4,5)6/h14H,7-12H2,1-6H3. The maximum atomic E-state index is 3.62. The summed E-state index contributed by atoms with van der Waals surface area (Å²) in [6, 6.07) is 1.46. The molecular formula is C13H31NSi. The van der Waals surface area contributed by atoms with Crippen LogP contribution >= 0.6 is 0 Å². The predicted molar refractivity (Wildman–Crippen MR) is 74.3 cm³/mol. The second kappa shape index (κ2) is 6.69. The Kier molecular flexibility index (Phi) is 6.77. The molecule has 0 unspecified atom stereocenters. The van der Waals surface area contributed by atoms with Gasteiger partial charge in [-0.2, -0.15) is 0 Å². The Morgan fingerprint density at radius 3 is 1.87 bits per heavy atom. The summed E-state index contributed by atoms with van der Waals surface area (Å²) in [5, 5.41) is 3.62. The van der Waals surface area contributed by atoms with E-state index in [0.717, 1.165) is 0 Å². The lowest BCUT2D eigenvalue weighted by atomic mass is 9.84. The molecule has 0 heterocycles. The van der Waals surface area contributed by atoms with E-state index in [-0.39, 0.29) is 0 Å². The van der Waals surface area contributed by atoms with Gasteiger partial charge in [0.1, 0.15) is 0 Å². The number of hydrogen-bond donors (Lipinski definition) is 1. The molecule has 0 aliphatic carbocycles. The van der Waals surface area contributed by atoms with Crippen LogP contribution in [0.15, 0.2) is 0 Å². The minimum Gasteiger partial charge on any atom is -0.316 e. The third kappa shape index (κ3) is 6.36. The van der Waals surface area contributed by atoms with Crippen molar-refractivity contribution >= 4 is 8.07 Å². The first kappa shape index (κ1) is 15.2. The minimum atomic E-state index is -0.935. The van der Waals surface area contributed by atoms with Gasteiger partial charge in [0.2, 0.25) is 0 Å². The van der Waals surface area contributed by atoms with E-state index >= 15 is 0 Å². The molecule has 1 N–H and O–H groups in total. The molecule has 0 atom stereocenters. The fourth-order valence-electron chi connectivity index (χ4n) is 2.47. The van der Waals surface area contributed by atoms with Crippen molar-refractivity contribution < 1.29 is 0 Å². The SMILES string of the molecule is CCCNCC(CC)(CC)C[Si](C)(C)C. The molecule has 0 fully saturated rings. The van der Waals surface area contributed by atoms with E-state index < -0.39 is 8.07 Å². The molecule has 0 bridgehead atoms. The summed E-state index contributed by atoms with van der Waals surface area (Å²) < 4.78 is 0. The van der Waals surface area contributed by atoms with Crippen molar-refractivity contribution in [3.8, 4) is 0 Å². The Balaban J connectivity index is 4.30.